The summed E-state index contributed by atoms with van der Waals surface area (Å²) < 4.78 is 5.20. The van der Waals surface area contributed by atoms with Crippen LogP contribution in [-0.2, 0) is 0 Å². The van der Waals surface area contributed by atoms with Gasteiger partial charge in [-0.1, -0.05) is 17.3 Å². The summed E-state index contributed by atoms with van der Waals surface area (Å²) in [4.78, 5) is 4.27. The zero-order valence-electron chi connectivity index (χ0n) is 10.4. The first-order chi connectivity index (χ1) is 9.61. The van der Waals surface area contributed by atoms with Gasteiger partial charge in [0, 0.05) is 22.5 Å². The zero-order chi connectivity index (χ0) is 14.1. The van der Waals surface area contributed by atoms with Crippen molar-refractivity contribution in [3.05, 3.63) is 42.5 Å². The third-order valence-electron chi connectivity index (χ3n) is 2.76. The highest BCUT2D eigenvalue weighted by Gasteiger charge is 2.11. The lowest BCUT2D eigenvalue weighted by Gasteiger charge is -1.99. The van der Waals surface area contributed by atoms with E-state index in [0.29, 0.717) is 34.2 Å². The molecule has 3 aromatic rings. The average molecular weight is 268 g/mol. The average Bonchev–Trinajstić information content (AvgIpc) is 2.87. The van der Waals surface area contributed by atoms with Crippen molar-refractivity contribution in [1.29, 1.82) is 0 Å². The molecular formula is C14H12N4O2. The number of benzene rings is 2. The maximum atomic E-state index is 9.45. The lowest BCUT2D eigenvalue weighted by molar-refractivity contribution is 0.432. The van der Waals surface area contributed by atoms with E-state index in [1.807, 2.05) is 0 Å². The van der Waals surface area contributed by atoms with E-state index in [9.17, 15) is 5.11 Å². The van der Waals surface area contributed by atoms with Gasteiger partial charge in [0.15, 0.2) is 0 Å². The number of phenolic OH excluding ortho intramolecular Hbond substituents is 1. The Morgan fingerprint density at radius 2 is 1.70 bits per heavy atom. The second kappa shape index (κ2) is 4.58. The van der Waals surface area contributed by atoms with Crippen LogP contribution in [0.5, 0.6) is 5.75 Å². The number of phenols is 1. The van der Waals surface area contributed by atoms with Crippen LogP contribution in [0.3, 0.4) is 0 Å². The first-order valence-electron chi connectivity index (χ1n) is 5.91. The number of nitrogen functional groups attached to an aromatic ring is 2. The van der Waals surface area contributed by atoms with Crippen LogP contribution >= 0.6 is 0 Å². The molecule has 2 aromatic carbocycles. The van der Waals surface area contributed by atoms with E-state index in [4.69, 9.17) is 16.0 Å². The van der Waals surface area contributed by atoms with Crippen LogP contribution in [0.1, 0.15) is 0 Å². The van der Waals surface area contributed by atoms with Crippen LogP contribution in [-0.4, -0.2) is 15.2 Å². The molecule has 0 aliphatic rings. The van der Waals surface area contributed by atoms with Crippen LogP contribution in [0.25, 0.3) is 22.8 Å². The number of nitrogens with two attached hydrogens (primary N) is 2. The van der Waals surface area contributed by atoms with Crippen LogP contribution in [0.2, 0.25) is 0 Å². The van der Waals surface area contributed by atoms with Crippen molar-refractivity contribution in [2.45, 2.75) is 0 Å². The van der Waals surface area contributed by atoms with Gasteiger partial charge in [-0.15, -0.1) is 0 Å². The summed E-state index contributed by atoms with van der Waals surface area (Å²) in [5, 5.41) is 13.3. The fraction of sp³-hybridized carbons (Fsp3) is 0. The maximum absolute atomic E-state index is 9.45. The third-order valence-corrected chi connectivity index (χ3v) is 2.76. The van der Waals surface area contributed by atoms with E-state index in [0.717, 1.165) is 0 Å². The highest BCUT2D eigenvalue weighted by Crippen LogP contribution is 2.26. The standard InChI is InChI=1S/C14H12N4O2/c15-10-4-9(5-11(16)7-10)14-17-13(18-20-14)8-2-1-3-12(19)6-8/h1-7,19H,15-16H2. The Bertz CT molecular complexity index is 747. The molecule has 0 saturated carbocycles. The van der Waals surface area contributed by atoms with Gasteiger partial charge in [0.05, 0.1) is 0 Å². The SMILES string of the molecule is Nc1cc(N)cc(-c2nc(-c3cccc(O)c3)no2)c1. The van der Waals surface area contributed by atoms with Crippen molar-refractivity contribution in [3.8, 4) is 28.6 Å². The van der Waals surface area contributed by atoms with E-state index >= 15 is 0 Å². The fourth-order valence-corrected chi connectivity index (χ4v) is 1.90. The lowest BCUT2D eigenvalue weighted by atomic mass is 10.1. The fourth-order valence-electron chi connectivity index (χ4n) is 1.90. The van der Waals surface area contributed by atoms with E-state index in [-0.39, 0.29) is 5.75 Å². The van der Waals surface area contributed by atoms with E-state index in [1.165, 1.54) is 0 Å². The molecule has 0 spiro atoms. The molecule has 3 rings (SSSR count). The number of nitrogens with zero attached hydrogens (tertiary/aromatic N) is 2. The van der Waals surface area contributed by atoms with Crippen LogP contribution in [0.15, 0.2) is 47.0 Å². The second-order valence-electron chi connectivity index (χ2n) is 4.36. The number of hydrogen-bond acceptors (Lipinski definition) is 6. The molecule has 0 amide bonds. The van der Waals surface area contributed by atoms with Gasteiger partial charge in [0.1, 0.15) is 5.75 Å². The predicted octanol–water partition coefficient (Wildman–Crippen LogP) is 2.27. The minimum atomic E-state index is 0.141. The molecule has 100 valence electrons. The Morgan fingerprint density at radius 1 is 0.950 bits per heavy atom. The monoisotopic (exact) mass is 268 g/mol. The highest BCUT2D eigenvalue weighted by molar-refractivity contribution is 5.68. The number of rotatable bonds is 2. The summed E-state index contributed by atoms with van der Waals surface area (Å²) in [6.45, 7) is 0. The van der Waals surface area contributed by atoms with Crippen LogP contribution in [0, 0.1) is 0 Å². The van der Waals surface area contributed by atoms with E-state index in [2.05, 4.69) is 10.1 Å². The van der Waals surface area contributed by atoms with Gasteiger partial charge in [-0.3, -0.25) is 0 Å². The summed E-state index contributed by atoms with van der Waals surface area (Å²) in [5.41, 5.74) is 13.8. The number of hydrogen-bond donors (Lipinski definition) is 3. The van der Waals surface area contributed by atoms with Gasteiger partial charge >= 0.3 is 0 Å². The van der Waals surface area contributed by atoms with Crippen molar-refractivity contribution in [2.24, 2.45) is 0 Å². The summed E-state index contributed by atoms with van der Waals surface area (Å²) in [7, 11) is 0. The molecule has 0 aliphatic carbocycles. The Hall–Kier alpha value is -3.02. The van der Waals surface area contributed by atoms with Gasteiger partial charge in [-0.25, -0.2) is 0 Å². The lowest BCUT2D eigenvalue weighted by Crippen LogP contribution is -1.91. The second-order valence-corrected chi connectivity index (χ2v) is 4.36. The summed E-state index contributed by atoms with van der Waals surface area (Å²) in [6.07, 6.45) is 0. The maximum Gasteiger partial charge on any atom is 0.258 e. The van der Waals surface area contributed by atoms with Crippen molar-refractivity contribution < 1.29 is 9.63 Å². The normalized spacial score (nSPS) is 10.6. The minimum absolute atomic E-state index is 0.141. The Balaban J connectivity index is 2.02. The van der Waals surface area contributed by atoms with E-state index < -0.39 is 0 Å². The molecule has 1 aromatic heterocycles. The number of aromatic hydroxyl groups is 1. The van der Waals surface area contributed by atoms with Crippen LogP contribution in [0.4, 0.5) is 11.4 Å². The number of anilines is 2. The van der Waals surface area contributed by atoms with Gasteiger partial charge in [-0.2, -0.15) is 4.98 Å². The predicted molar refractivity (Wildman–Crippen MR) is 75.7 cm³/mol. The molecule has 6 nitrogen and oxygen atoms in total. The molecule has 0 fully saturated rings. The first-order valence-corrected chi connectivity index (χ1v) is 5.91. The van der Waals surface area contributed by atoms with E-state index in [1.54, 1.807) is 42.5 Å². The molecule has 5 N–H and O–H groups in total. The molecule has 0 aliphatic heterocycles. The van der Waals surface area contributed by atoms with Crippen molar-refractivity contribution >= 4 is 11.4 Å². The number of aromatic nitrogens is 2. The molecule has 0 unspecified atom stereocenters. The van der Waals surface area contributed by atoms with Gasteiger partial charge in [0.25, 0.3) is 5.89 Å². The summed E-state index contributed by atoms with van der Waals surface area (Å²) in [5.74, 6) is 0.848. The van der Waals surface area contributed by atoms with Gasteiger partial charge in [0.2, 0.25) is 5.82 Å². The molecule has 0 saturated heterocycles. The Kier molecular flexibility index (Phi) is 2.76. The smallest absolute Gasteiger partial charge is 0.258 e. The summed E-state index contributed by atoms with van der Waals surface area (Å²) in [6, 6.07) is 11.7. The molecular weight excluding hydrogens is 256 g/mol. The Labute approximate surface area is 114 Å². The summed E-state index contributed by atoms with van der Waals surface area (Å²) >= 11 is 0. The zero-order valence-corrected chi connectivity index (χ0v) is 10.4. The van der Waals surface area contributed by atoms with Gasteiger partial charge in [-0.05, 0) is 30.3 Å². The first kappa shape index (κ1) is 12.0. The molecule has 1 heterocycles. The molecule has 0 atom stereocenters. The topological polar surface area (TPSA) is 111 Å². The molecule has 0 radical (unpaired) electrons. The van der Waals surface area contributed by atoms with Crippen molar-refractivity contribution in [2.75, 3.05) is 11.5 Å². The molecule has 20 heavy (non-hydrogen) atoms. The van der Waals surface area contributed by atoms with Crippen LogP contribution < -0.4 is 11.5 Å². The molecule has 6 heteroatoms. The minimum Gasteiger partial charge on any atom is -0.508 e. The highest BCUT2D eigenvalue weighted by atomic mass is 16.5. The largest absolute Gasteiger partial charge is 0.508 e. The third kappa shape index (κ3) is 2.26. The quantitative estimate of drug-likeness (QED) is 0.615. The van der Waals surface area contributed by atoms with Crippen molar-refractivity contribution in [3.63, 3.8) is 0 Å². The van der Waals surface area contributed by atoms with Gasteiger partial charge < -0.3 is 21.1 Å². The molecule has 0 bridgehead atoms. The Morgan fingerprint density at radius 3 is 2.40 bits per heavy atom. The van der Waals surface area contributed by atoms with Crippen molar-refractivity contribution in [1.82, 2.24) is 10.1 Å².